The maximum Gasteiger partial charge on any atom is 0.310 e. The Labute approximate surface area is 179 Å². The molecule has 1 aliphatic carbocycles. The summed E-state index contributed by atoms with van der Waals surface area (Å²) in [5.74, 6) is 2.48. The molecule has 164 valence electrons. The van der Waals surface area contributed by atoms with Gasteiger partial charge in [-0.25, -0.2) is 0 Å². The molecule has 1 fully saturated rings. The van der Waals surface area contributed by atoms with Crippen LogP contribution in [-0.2, 0) is 16.0 Å². The zero-order valence-electron chi connectivity index (χ0n) is 17.9. The number of carbonyl (C=O) groups is 1. The van der Waals surface area contributed by atoms with Crippen LogP contribution >= 0.6 is 0 Å². The summed E-state index contributed by atoms with van der Waals surface area (Å²) in [5, 5.41) is 0. The van der Waals surface area contributed by atoms with Crippen LogP contribution in [0.3, 0.4) is 0 Å². The van der Waals surface area contributed by atoms with Crippen LogP contribution in [0.4, 0.5) is 0 Å². The van der Waals surface area contributed by atoms with E-state index in [1.54, 1.807) is 28.4 Å². The van der Waals surface area contributed by atoms with Gasteiger partial charge in [0.25, 0.3) is 0 Å². The van der Waals surface area contributed by atoms with Crippen LogP contribution in [0.1, 0.15) is 22.6 Å². The summed E-state index contributed by atoms with van der Waals surface area (Å²) in [6.45, 7) is 0.511. The Morgan fingerprint density at radius 2 is 1.65 bits per heavy atom. The van der Waals surface area contributed by atoms with Crippen LogP contribution in [0, 0.1) is 11.8 Å². The first kappa shape index (κ1) is 19.7. The highest BCUT2D eigenvalue weighted by Gasteiger charge is 2.49. The molecule has 2 aliphatic heterocycles. The minimum Gasteiger partial charge on any atom is -0.493 e. The first-order valence-electron chi connectivity index (χ1n) is 10.1. The Morgan fingerprint density at radius 1 is 0.871 bits per heavy atom. The summed E-state index contributed by atoms with van der Waals surface area (Å²) in [6, 6.07) is 5.77. The maximum atomic E-state index is 12.9. The molecular weight excluding hydrogens is 404 g/mol. The fourth-order valence-electron chi connectivity index (χ4n) is 5.08. The molecule has 2 aromatic rings. The van der Waals surface area contributed by atoms with Gasteiger partial charge in [0, 0.05) is 17.4 Å². The van der Waals surface area contributed by atoms with E-state index in [-0.39, 0.29) is 30.5 Å². The van der Waals surface area contributed by atoms with E-state index in [2.05, 4.69) is 0 Å². The number of carbonyl (C=O) groups excluding carboxylic acids is 1. The normalized spacial score (nSPS) is 23.0. The van der Waals surface area contributed by atoms with Crippen molar-refractivity contribution >= 4 is 5.97 Å². The zero-order chi connectivity index (χ0) is 21.7. The van der Waals surface area contributed by atoms with E-state index < -0.39 is 0 Å². The molecule has 5 rings (SSSR count). The van der Waals surface area contributed by atoms with E-state index in [0.29, 0.717) is 47.5 Å². The lowest BCUT2D eigenvalue weighted by atomic mass is 9.67. The standard InChI is InChI=1S/C23H24O8/c1-25-14-7-12(8-16-20(14)31-10-30-16)17-18-11(5-13-9-29-23(24)19(13)17)6-15(26-2)21(27-3)22(18)28-4/h6-8,13,17,19H,5,9-10H2,1-4H3/t13-,17-,19-/m0/s1. The van der Waals surface area contributed by atoms with Crippen molar-refractivity contribution in [1.29, 1.82) is 0 Å². The first-order valence-corrected chi connectivity index (χ1v) is 10.1. The van der Waals surface area contributed by atoms with Crippen molar-refractivity contribution in [3.05, 3.63) is 34.9 Å². The highest BCUT2D eigenvalue weighted by atomic mass is 16.7. The average molecular weight is 428 g/mol. The Kier molecular flexibility index (Phi) is 4.72. The molecule has 2 heterocycles. The highest BCUT2D eigenvalue weighted by Crippen LogP contribution is 2.56. The molecule has 31 heavy (non-hydrogen) atoms. The molecule has 3 atom stereocenters. The van der Waals surface area contributed by atoms with Gasteiger partial charge in [0.2, 0.25) is 18.3 Å². The van der Waals surface area contributed by atoms with Gasteiger partial charge in [-0.2, -0.15) is 0 Å². The molecule has 0 saturated carbocycles. The van der Waals surface area contributed by atoms with Gasteiger partial charge < -0.3 is 33.2 Å². The van der Waals surface area contributed by atoms with E-state index >= 15 is 0 Å². The van der Waals surface area contributed by atoms with Gasteiger partial charge in [0.05, 0.1) is 41.0 Å². The van der Waals surface area contributed by atoms with Crippen LogP contribution in [0.2, 0.25) is 0 Å². The molecule has 0 N–H and O–H groups in total. The monoisotopic (exact) mass is 428 g/mol. The van der Waals surface area contributed by atoms with Crippen LogP contribution in [0.15, 0.2) is 18.2 Å². The summed E-state index contributed by atoms with van der Waals surface area (Å²) < 4.78 is 39.2. The van der Waals surface area contributed by atoms with E-state index in [9.17, 15) is 4.79 Å². The van der Waals surface area contributed by atoms with Crippen LogP contribution in [0.25, 0.3) is 0 Å². The van der Waals surface area contributed by atoms with Gasteiger partial charge in [-0.05, 0) is 35.7 Å². The summed E-state index contributed by atoms with van der Waals surface area (Å²) in [7, 11) is 6.34. The Hall–Kier alpha value is -3.29. The van der Waals surface area contributed by atoms with Crippen LogP contribution < -0.4 is 28.4 Å². The van der Waals surface area contributed by atoms with E-state index in [4.69, 9.17) is 33.2 Å². The number of hydrogen-bond acceptors (Lipinski definition) is 8. The predicted octanol–water partition coefficient (Wildman–Crippen LogP) is 2.93. The maximum absolute atomic E-state index is 12.9. The quantitative estimate of drug-likeness (QED) is 0.673. The molecule has 0 amide bonds. The van der Waals surface area contributed by atoms with Gasteiger partial charge in [-0.15, -0.1) is 0 Å². The van der Waals surface area contributed by atoms with Crippen molar-refractivity contribution in [2.24, 2.45) is 11.8 Å². The van der Waals surface area contributed by atoms with Crippen molar-refractivity contribution in [2.75, 3.05) is 41.8 Å². The van der Waals surface area contributed by atoms with Gasteiger partial charge in [-0.3, -0.25) is 4.79 Å². The first-order chi connectivity index (χ1) is 15.1. The molecule has 0 unspecified atom stereocenters. The lowest BCUT2D eigenvalue weighted by molar-refractivity contribution is -0.141. The molecular formula is C23H24O8. The van der Waals surface area contributed by atoms with Crippen LogP contribution in [0.5, 0.6) is 34.5 Å². The molecule has 0 bridgehead atoms. The summed E-state index contributed by atoms with van der Waals surface area (Å²) in [5.41, 5.74) is 2.79. The largest absolute Gasteiger partial charge is 0.493 e. The zero-order valence-corrected chi connectivity index (χ0v) is 17.9. The smallest absolute Gasteiger partial charge is 0.310 e. The lowest BCUT2D eigenvalue weighted by Gasteiger charge is -2.35. The Balaban J connectivity index is 1.78. The minimum atomic E-state index is -0.357. The SMILES string of the molecule is COc1cc([C@H]2c3c(cc(OC)c(OC)c3OC)C[C@H]3COC(=O)[C@@H]32)cc2c1OCO2. The second-order valence-electron chi connectivity index (χ2n) is 7.77. The molecule has 0 spiro atoms. The second-order valence-corrected chi connectivity index (χ2v) is 7.77. The summed E-state index contributed by atoms with van der Waals surface area (Å²) in [4.78, 5) is 12.9. The van der Waals surface area contributed by atoms with E-state index in [0.717, 1.165) is 16.7 Å². The van der Waals surface area contributed by atoms with E-state index in [1.165, 1.54) is 0 Å². The third-order valence-electron chi connectivity index (χ3n) is 6.37. The number of ether oxygens (including phenoxy) is 7. The van der Waals surface area contributed by atoms with Crippen molar-refractivity contribution in [3.8, 4) is 34.5 Å². The molecule has 2 aromatic carbocycles. The number of cyclic esters (lactones) is 1. The van der Waals surface area contributed by atoms with E-state index in [1.807, 2.05) is 18.2 Å². The van der Waals surface area contributed by atoms with Crippen molar-refractivity contribution in [2.45, 2.75) is 12.3 Å². The van der Waals surface area contributed by atoms with Gasteiger partial charge >= 0.3 is 5.97 Å². The third kappa shape index (κ3) is 2.85. The minimum absolute atomic E-state index is 0.0456. The van der Waals surface area contributed by atoms with Crippen molar-refractivity contribution in [1.82, 2.24) is 0 Å². The van der Waals surface area contributed by atoms with Crippen LogP contribution in [-0.4, -0.2) is 47.8 Å². The van der Waals surface area contributed by atoms with Gasteiger partial charge in [-0.1, -0.05) is 0 Å². The topological polar surface area (TPSA) is 81.7 Å². The Morgan fingerprint density at radius 3 is 2.35 bits per heavy atom. The molecule has 0 radical (unpaired) electrons. The second kappa shape index (κ2) is 7.44. The molecule has 0 aromatic heterocycles. The fraction of sp³-hybridized carbons (Fsp3) is 0.435. The number of fused-ring (bicyclic) bond motifs is 3. The third-order valence-corrected chi connectivity index (χ3v) is 6.37. The Bertz CT molecular complexity index is 1050. The van der Waals surface area contributed by atoms with Crippen molar-refractivity contribution < 1.29 is 38.0 Å². The lowest BCUT2D eigenvalue weighted by Crippen LogP contribution is -2.32. The predicted molar refractivity (Wildman–Crippen MR) is 109 cm³/mol. The number of methoxy groups -OCH3 is 4. The van der Waals surface area contributed by atoms with Gasteiger partial charge in [0.1, 0.15) is 0 Å². The average Bonchev–Trinajstić information content (AvgIpc) is 3.42. The fourth-order valence-corrected chi connectivity index (χ4v) is 5.08. The molecule has 3 aliphatic rings. The molecule has 1 saturated heterocycles. The highest BCUT2D eigenvalue weighted by molar-refractivity contribution is 5.79. The summed E-state index contributed by atoms with van der Waals surface area (Å²) in [6.07, 6.45) is 0.681. The van der Waals surface area contributed by atoms with Gasteiger partial charge in [0.15, 0.2) is 23.0 Å². The van der Waals surface area contributed by atoms with Crippen molar-refractivity contribution in [3.63, 3.8) is 0 Å². The molecule has 8 nitrogen and oxygen atoms in total. The number of benzene rings is 2. The number of esters is 1. The molecule has 8 heteroatoms. The number of rotatable bonds is 5. The number of hydrogen-bond donors (Lipinski definition) is 0. The summed E-state index contributed by atoms with van der Waals surface area (Å²) >= 11 is 0.